The number of halogens is 3. The molecule has 0 aliphatic heterocycles. The van der Waals surface area contributed by atoms with E-state index in [0.717, 1.165) is 7.11 Å². The molecule has 0 saturated heterocycles. The van der Waals surface area contributed by atoms with Crippen LogP contribution in [0.1, 0.15) is 20.8 Å². The van der Waals surface area contributed by atoms with E-state index < -0.39 is 17.7 Å². The Morgan fingerprint density at radius 2 is 1.69 bits per heavy atom. The van der Waals surface area contributed by atoms with E-state index in [-0.39, 0.29) is 32.6 Å². The van der Waals surface area contributed by atoms with E-state index in [1.165, 1.54) is 17.9 Å². The summed E-state index contributed by atoms with van der Waals surface area (Å²) in [6, 6.07) is 10.1. The third-order valence-electron chi connectivity index (χ3n) is 4.05. The molecule has 0 spiro atoms. The zero-order valence-electron chi connectivity index (χ0n) is 15.1. The van der Waals surface area contributed by atoms with Crippen molar-refractivity contribution in [3.63, 3.8) is 0 Å². The van der Waals surface area contributed by atoms with Crippen molar-refractivity contribution >= 4 is 51.1 Å². The number of phenols is 1. The fraction of sp³-hybridized carbons (Fsp3) is 0.105. The quantitative estimate of drug-likeness (QED) is 0.406. The number of aromatic hydroxyl groups is 1. The van der Waals surface area contributed by atoms with Crippen molar-refractivity contribution in [3.8, 4) is 22.7 Å². The molecule has 150 valence electrons. The molecule has 0 unspecified atom stereocenters. The van der Waals surface area contributed by atoms with E-state index >= 15 is 0 Å². The second-order valence-corrected chi connectivity index (χ2v) is 7.30. The van der Waals surface area contributed by atoms with Crippen LogP contribution in [0.5, 0.6) is 5.75 Å². The Labute approximate surface area is 183 Å². The molecule has 10 heteroatoms. The van der Waals surface area contributed by atoms with Crippen molar-refractivity contribution in [2.24, 2.45) is 0 Å². The number of ether oxygens (including phenoxy) is 2. The fourth-order valence-corrected chi connectivity index (χ4v) is 3.60. The van der Waals surface area contributed by atoms with Crippen LogP contribution >= 0.6 is 39.1 Å². The average Bonchev–Trinajstić information content (AvgIpc) is 3.14. The number of phenolic OH excluding ortho intramolecular Hbond substituents is 1. The van der Waals surface area contributed by atoms with Crippen molar-refractivity contribution in [3.05, 3.63) is 62.2 Å². The number of hydrogen-bond donors (Lipinski definition) is 1. The SMILES string of the molecule is COC(=O)c1c(-c2cc(Br)c(Cl)c(Cl)c2O)nn(-c2ccccc2)c1C(=O)OC. The number of benzene rings is 2. The van der Waals surface area contributed by atoms with Gasteiger partial charge in [0.05, 0.1) is 24.9 Å². The summed E-state index contributed by atoms with van der Waals surface area (Å²) in [7, 11) is 2.34. The van der Waals surface area contributed by atoms with Crippen molar-refractivity contribution in [2.45, 2.75) is 0 Å². The zero-order chi connectivity index (χ0) is 21.3. The number of carbonyl (C=O) groups is 2. The molecule has 1 heterocycles. The topological polar surface area (TPSA) is 90.6 Å². The molecule has 3 aromatic rings. The highest BCUT2D eigenvalue weighted by Crippen LogP contribution is 2.45. The molecule has 2 aromatic carbocycles. The lowest BCUT2D eigenvalue weighted by molar-refractivity contribution is 0.0549. The first-order valence-corrected chi connectivity index (χ1v) is 9.58. The van der Waals surface area contributed by atoms with E-state index in [1.54, 1.807) is 30.3 Å². The van der Waals surface area contributed by atoms with Gasteiger partial charge in [0.2, 0.25) is 0 Å². The normalized spacial score (nSPS) is 10.7. The maximum atomic E-state index is 12.6. The molecule has 29 heavy (non-hydrogen) atoms. The Morgan fingerprint density at radius 3 is 2.28 bits per heavy atom. The molecule has 0 atom stereocenters. The highest BCUT2D eigenvalue weighted by atomic mass is 79.9. The molecule has 3 rings (SSSR count). The van der Waals surface area contributed by atoms with Crippen molar-refractivity contribution in [2.75, 3.05) is 14.2 Å². The van der Waals surface area contributed by atoms with Crippen LogP contribution in [0.15, 0.2) is 40.9 Å². The van der Waals surface area contributed by atoms with E-state index in [1.807, 2.05) is 0 Å². The van der Waals surface area contributed by atoms with Crippen LogP contribution in [-0.4, -0.2) is 41.0 Å². The Kier molecular flexibility index (Phi) is 6.16. The number of aromatic nitrogens is 2. The number of nitrogens with zero attached hydrogens (tertiary/aromatic N) is 2. The summed E-state index contributed by atoms with van der Waals surface area (Å²) in [6.07, 6.45) is 0. The van der Waals surface area contributed by atoms with Crippen molar-refractivity contribution in [1.82, 2.24) is 9.78 Å². The Bertz CT molecular complexity index is 1120. The van der Waals surface area contributed by atoms with Crippen LogP contribution in [0.25, 0.3) is 16.9 Å². The number of esters is 2. The lowest BCUT2D eigenvalue weighted by Crippen LogP contribution is -2.15. The minimum atomic E-state index is -0.843. The Balaban J connectivity index is 2.44. The second-order valence-electron chi connectivity index (χ2n) is 5.69. The Hall–Kier alpha value is -2.55. The summed E-state index contributed by atoms with van der Waals surface area (Å²) >= 11 is 15.4. The van der Waals surface area contributed by atoms with Gasteiger partial charge in [-0.15, -0.1) is 0 Å². The molecule has 0 aliphatic carbocycles. The first-order valence-electron chi connectivity index (χ1n) is 8.03. The summed E-state index contributed by atoms with van der Waals surface area (Å²) in [5, 5.41) is 14.9. The molecule has 0 fully saturated rings. The van der Waals surface area contributed by atoms with E-state index in [2.05, 4.69) is 21.0 Å². The monoisotopic (exact) mass is 498 g/mol. The van der Waals surface area contributed by atoms with Gasteiger partial charge in [-0.2, -0.15) is 5.10 Å². The van der Waals surface area contributed by atoms with E-state index in [0.29, 0.717) is 10.2 Å². The van der Waals surface area contributed by atoms with Gasteiger partial charge < -0.3 is 14.6 Å². The highest BCUT2D eigenvalue weighted by Gasteiger charge is 2.33. The first-order chi connectivity index (χ1) is 13.8. The standard InChI is InChI=1S/C19H13BrCl2N2O5/c1-28-18(26)12-15(10-8-11(20)13(21)14(22)17(10)25)23-24(16(12)19(27)29-2)9-6-4-3-5-7-9/h3-8,25H,1-2H3. The fourth-order valence-electron chi connectivity index (χ4n) is 2.71. The number of para-hydroxylation sites is 1. The van der Waals surface area contributed by atoms with Gasteiger partial charge in [-0.1, -0.05) is 41.4 Å². The molecule has 0 bridgehead atoms. The molecule has 0 saturated carbocycles. The summed E-state index contributed by atoms with van der Waals surface area (Å²) in [6.45, 7) is 0. The summed E-state index contributed by atoms with van der Waals surface area (Å²) < 4.78 is 11.3. The number of rotatable bonds is 4. The number of hydrogen-bond acceptors (Lipinski definition) is 6. The van der Waals surface area contributed by atoms with Crippen LogP contribution in [0, 0.1) is 0 Å². The van der Waals surface area contributed by atoms with Gasteiger partial charge in [-0.3, -0.25) is 0 Å². The van der Waals surface area contributed by atoms with Gasteiger partial charge in [0, 0.05) is 10.0 Å². The molecule has 0 amide bonds. The van der Waals surface area contributed by atoms with Gasteiger partial charge in [0.25, 0.3) is 0 Å². The highest BCUT2D eigenvalue weighted by molar-refractivity contribution is 9.10. The van der Waals surface area contributed by atoms with E-state index in [4.69, 9.17) is 32.7 Å². The minimum Gasteiger partial charge on any atom is -0.506 e. The van der Waals surface area contributed by atoms with E-state index in [9.17, 15) is 14.7 Å². The van der Waals surface area contributed by atoms with Crippen molar-refractivity contribution in [1.29, 1.82) is 0 Å². The van der Waals surface area contributed by atoms with Crippen molar-refractivity contribution < 1.29 is 24.2 Å². The number of carbonyl (C=O) groups excluding carboxylic acids is 2. The molecule has 0 aliphatic rings. The van der Waals surface area contributed by atoms with Crippen LogP contribution in [0.3, 0.4) is 0 Å². The van der Waals surface area contributed by atoms with Crippen LogP contribution < -0.4 is 0 Å². The summed E-state index contributed by atoms with van der Waals surface area (Å²) in [5.74, 6) is -2.06. The lowest BCUT2D eigenvalue weighted by Gasteiger charge is -2.09. The largest absolute Gasteiger partial charge is 0.506 e. The third kappa shape index (κ3) is 3.71. The van der Waals surface area contributed by atoms with Gasteiger partial charge in [0.15, 0.2) is 5.69 Å². The van der Waals surface area contributed by atoms with Gasteiger partial charge in [-0.05, 0) is 34.1 Å². The maximum Gasteiger partial charge on any atom is 0.357 e. The average molecular weight is 500 g/mol. The molecule has 7 nitrogen and oxygen atoms in total. The number of methoxy groups -OCH3 is 2. The lowest BCUT2D eigenvalue weighted by atomic mass is 10.0. The van der Waals surface area contributed by atoms with Crippen LogP contribution in [0.4, 0.5) is 0 Å². The summed E-state index contributed by atoms with van der Waals surface area (Å²) in [4.78, 5) is 25.2. The minimum absolute atomic E-state index is 0.0298. The predicted octanol–water partition coefficient (Wildman–Crippen LogP) is 4.89. The van der Waals surface area contributed by atoms with Gasteiger partial charge in [0.1, 0.15) is 22.0 Å². The second kappa shape index (κ2) is 8.44. The zero-order valence-corrected chi connectivity index (χ0v) is 18.2. The first kappa shape index (κ1) is 21.2. The smallest absolute Gasteiger partial charge is 0.357 e. The van der Waals surface area contributed by atoms with Crippen LogP contribution in [0.2, 0.25) is 10.0 Å². The molecule has 0 radical (unpaired) electrons. The molecular formula is C19H13BrCl2N2O5. The predicted molar refractivity (Wildman–Crippen MR) is 111 cm³/mol. The molecular weight excluding hydrogens is 487 g/mol. The molecule has 1 N–H and O–H groups in total. The summed E-state index contributed by atoms with van der Waals surface area (Å²) in [5.41, 5.74) is 0.179. The maximum absolute atomic E-state index is 12.6. The van der Waals surface area contributed by atoms with Crippen LogP contribution in [-0.2, 0) is 9.47 Å². The molecule has 1 aromatic heterocycles. The third-order valence-corrected chi connectivity index (χ3v) is 5.76. The van der Waals surface area contributed by atoms with Gasteiger partial charge >= 0.3 is 11.9 Å². The Morgan fingerprint density at radius 1 is 1.07 bits per heavy atom. The van der Waals surface area contributed by atoms with Gasteiger partial charge in [-0.25, -0.2) is 14.3 Å².